The lowest BCUT2D eigenvalue weighted by Crippen LogP contribution is -2.26. The van der Waals surface area contributed by atoms with Gasteiger partial charge in [0.25, 0.3) is 0 Å². The van der Waals surface area contributed by atoms with Crippen LogP contribution in [0.3, 0.4) is 0 Å². The number of nitrogens with zero attached hydrogens (tertiary/aromatic N) is 1. The monoisotopic (exact) mass is 367 g/mol. The van der Waals surface area contributed by atoms with Crippen molar-refractivity contribution in [2.45, 2.75) is 25.7 Å². The van der Waals surface area contributed by atoms with Crippen LogP contribution < -0.4 is 15.5 Å². The van der Waals surface area contributed by atoms with Crippen LogP contribution >= 0.6 is 0 Å². The number of aryl methyl sites for hydroxylation is 1. The minimum absolute atomic E-state index is 0.0346. The van der Waals surface area contributed by atoms with Gasteiger partial charge in [0, 0.05) is 25.1 Å². The summed E-state index contributed by atoms with van der Waals surface area (Å²) in [4.78, 5) is 36.8. The molecule has 0 spiro atoms. The Labute approximate surface area is 157 Å². The first-order valence-electron chi connectivity index (χ1n) is 8.81. The van der Waals surface area contributed by atoms with Gasteiger partial charge >= 0.3 is 12.0 Å². The van der Waals surface area contributed by atoms with Crippen LogP contribution in [0.1, 0.15) is 24.8 Å². The van der Waals surface area contributed by atoms with Crippen LogP contribution in [0.15, 0.2) is 48.5 Å². The van der Waals surface area contributed by atoms with Gasteiger partial charge in [0.15, 0.2) is 0 Å². The van der Waals surface area contributed by atoms with Crippen LogP contribution in [0.25, 0.3) is 0 Å². The number of carboxylic acid groups (broad SMARTS) is 1. The maximum absolute atomic E-state index is 12.4. The molecule has 2 aromatic rings. The summed E-state index contributed by atoms with van der Waals surface area (Å²) in [6, 6.07) is 13.8. The molecule has 140 valence electrons. The molecule has 1 saturated heterocycles. The minimum atomic E-state index is -0.862. The summed E-state index contributed by atoms with van der Waals surface area (Å²) < 4.78 is 0. The van der Waals surface area contributed by atoms with Gasteiger partial charge in [-0.05, 0) is 42.7 Å². The summed E-state index contributed by atoms with van der Waals surface area (Å²) in [5.41, 5.74) is 2.65. The van der Waals surface area contributed by atoms with Crippen molar-refractivity contribution < 1.29 is 19.5 Å². The Morgan fingerprint density at radius 3 is 2.63 bits per heavy atom. The smallest absolute Gasteiger partial charge is 0.323 e. The number of amides is 3. The van der Waals surface area contributed by atoms with E-state index >= 15 is 0 Å². The van der Waals surface area contributed by atoms with Crippen molar-refractivity contribution in [3.63, 3.8) is 0 Å². The van der Waals surface area contributed by atoms with Crippen molar-refractivity contribution in [2.75, 3.05) is 22.1 Å². The number of rotatable bonds is 6. The van der Waals surface area contributed by atoms with E-state index in [-0.39, 0.29) is 12.3 Å². The van der Waals surface area contributed by atoms with Gasteiger partial charge in [-0.25, -0.2) is 4.79 Å². The zero-order valence-corrected chi connectivity index (χ0v) is 14.8. The number of carbonyl (C=O) groups is 3. The van der Waals surface area contributed by atoms with Crippen molar-refractivity contribution in [1.29, 1.82) is 0 Å². The topological polar surface area (TPSA) is 98.7 Å². The molecule has 7 heteroatoms. The van der Waals surface area contributed by atoms with Crippen LogP contribution in [0.2, 0.25) is 0 Å². The highest BCUT2D eigenvalue weighted by Gasteiger charge is 2.24. The van der Waals surface area contributed by atoms with Crippen molar-refractivity contribution in [2.24, 2.45) is 0 Å². The molecule has 3 rings (SSSR count). The van der Waals surface area contributed by atoms with Gasteiger partial charge in [-0.3, -0.25) is 9.59 Å². The van der Waals surface area contributed by atoms with E-state index in [2.05, 4.69) is 10.6 Å². The number of hydrogen-bond acceptors (Lipinski definition) is 3. The van der Waals surface area contributed by atoms with Gasteiger partial charge in [0.1, 0.15) is 0 Å². The van der Waals surface area contributed by atoms with E-state index in [1.807, 2.05) is 18.2 Å². The Morgan fingerprint density at radius 1 is 1.07 bits per heavy atom. The van der Waals surface area contributed by atoms with Crippen molar-refractivity contribution in [1.82, 2.24) is 0 Å². The summed E-state index contributed by atoms with van der Waals surface area (Å²) in [6.07, 6.45) is 1.76. The number of nitrogens with one attached hydrogen (secondary N) is 2. The molecule has 1 heterocycles. The third-order valence-electron chi connectivity index (χ3n) is 4.33. The molecule has 3 N–H and O–H groups in total. The molecule has 2 aromatic carbocycles. The van der Waals surface area contributed by atoms with E-state index in [0.717, 1.165) is 12.0 Å². The van der Waals surface area contributed by atoms with Gasteiger partial charge in [-0.15, -0.1) is 0 Å². The predicted molar refractivity (Wildman–Crippen MR) is 103 cm³/mol. The Morgan fingerprint density at radius 2 is 1.89 bits per heavy atom. The predicted octanol–water partition coefficient (Wildman–Crippen LogP) is 3.47. The quantitative estimate of drug-likeness (QED) is 0.728. The Bertz CT molecular complexity index is 866. The van der Waals surface area contributed by atoms with Crippen LogP contribution in [0, 0.1) is 0 Å². The summed E-state index contributed by atoms with van der Waals surface area (Å²) in [7, 11) is 0. The SMILES string of the molecule is O=C(O)CCc1cccc(NC(=O)Nc2ccccc2N2CCCC2=O)c1. The van der Waals surface area contributed by atoms with Crippen LogP contribution in [0.5, 0.6) is 0 Å². The molecule has 1 aliphatic rings. The van der Waals surface area contributed by atoms with Crippen LogP contribution in [0.4, 0.5) is 21.9 Å². The Balaban J connectivity index is 1.67. The van der Waals surface area contributed by atoms with E-state index in [4.69, 9.17) is 5.11 Å². The summed E-state index contributed by atoms with van der Waals surface area (Å²) in [6.45, 7) is 0.644. The average molecular weight is 367 g/mol. The molecule has 27 heavy (non-hydrogen) atoms. The summed E-state index contributed by atoms with van der Waals surface area (Å²) in [5, 5.41) is 14.3. The van der Waals surface area contributed by atoms with Crippen molar-refractivity contribution >= 4 is 35.0 Å². The molecular weight excluding hydrogens is 346 g/mol. The lowest BCUT2D eigenvalue weighted by atomic mass is 10.1. The first-order chi connectivity index (χ1) is 13.0. The molecule has 0 aromatic heterocycles. The largest absolute Gasteiger partial charge is 0.481 e. The van der Waals surface area contributed by atoms with E-state index in [9.17, 15) is 14.4 Å². The molecule has 1 aliphatic heterocycles. The number of aliphatic carboxylic acids is 1. The van der Waals surface area contributed by atoms with Gasteiger partial charge in [0.2, 0.25) is 5.91 Å². The number of hydrogen-bond donors (Lipinski definition) is 3. The zero-order valence-electron chi connectivity index (χ0n) is 14.8. The normalized spacial score (nSPS) is 13.5. The van der Waals surface area contributed by atoms with Gasteiger partial charge < -0.3 is 20.6 Å². The second-order valence-corrected chi connectivity index (χ2v) is 6.34. The molecule has 0 unspecified atom stereocenters. The second kappa shape index (κ2) is 8.35. The van der Waals surface area contributed by atoms with Gasteiger partial charge in [-0.2, -0.15) is 0 Å². The molecule has 7 nitrogen and oxygen atoms in total. The Hall–Kier alpha value is -3.35. The molecule has 0 atom stereocenters. The highest BCUT2D eigenvalue weighted by molar-refractivity contribution is 6.05. The number of urea groups is 1. The highest BCUT2D eigenvalue weighted by atomic mass is 16.4. The lowest BCUT2D eigenvalue weighted by molar-refractivity contribution is -0.137. The fraction of sp³-hybridized carbons (Fsp3) is 0.250. The number of carboxylic acids is 1. The number of para-hydroxylation sites is 2. The van der Waals surface area contributed by atoms with E-state index in [1.54, 1.807) is 35.2 Å². The second-order valence-electron chi connectivity index (χ2n) is 6.34. The molecular formula is C20H21N3O4. The molecule has 0 aliphatic carbocycles. The Kier molecular flexibility index (Phi) is 5.71. The first kappa shape index (κ1) is 18.4. The first-order valence-corrected chi connectivity index (χ1v) is 8.81. The maximum Gasteiger partial charge on any atom is 0.323 e. The standard InChI is InChI=1S/C20H21N3O4/c24-18-9-4-12-23(18)17-8-2-1-7-16(17)22-20(27)21-15-6-3-5-14(13-15)10-11-19(25)26/h1-3,5-8,13H,4,9-12H2,(H,25,26)(H2,21,22,27). The summed E-state index contributed by atoms with van der Waals surface area (Å²) in [5.74, 6) is -0.810. The highest BCUT2D eigenvalue weighted by Crippen LogP contribution is 2.29. The number of benzene rings is 2. The van der Waals surface area contributed by atoms with Gasteiger partial charge in [-0.1, -0.05) is 24.3 Å². The minimum Gasteiger partial charge on any atom is -0.481 e. The number of anilines is 3. The van der Waals surface area contributed by atoms with E-state index in [0.29, 0.717) is 36.4 Å². The van der Waals surface area contributed by atoms with E-state index < -0.39 is 12.0 Å². The zero-order chi connectivity index (χ0) is 19.2. The van der Waals surface area contributed by atoms with Crippen molar-refractivity contribution in [3.8, 4) is 0 Å². The third-order valence-corrected chi connectivity index (χ3v) is 4.33. The number of carbonyl (C=O) groups excluding carboxylic acids is 2. The van der Waals surface area contributed by atoms with Crippen molar-refractivity contribution in [3.05, 3.63) is 54.1 Å². The fourth-order valence-electron chi connectivity index (χ4n) is 3.06. The van der Waals surface area contributed by atoms with Gasteiger partial charge in [0.05, 0.1) is 11.4 Å². The average Bonchev–Trinajstić information content (AvgIpc) is 3.06. The lowest BCUT2D eigenvalue weighted by Gasteiger charge is -2.20. The van der Waals surface area contributed by atoms with E-state index in [1.165, 1.54) is 0 Å². The molecule has 0 saturated carbocycles. The molecule has 3 amide bonds. The molecule has 1 fully saturated rings. The fourth-order valence-corrected chi connectivity index (χ4v) is 3.06. The maximum atomic E-state index is 12.4. The molecule has 0 bridgehead atoms. The third kappa shape index (κ3) is 4.84. The summed E-state index contributed by atoms with van der Waals surface area (Å²) >= 11 is 0. The van der Waals surface area contributed by atoms with Crippen LogP contribution in [-0.2, 0) is 16.0 Å². The van der Waals surface area contributed by atoms with Crippen LogP contribution in [-0.4, -0.2) is 29.6 Å². The molecule has 0 radical (unpaired) electrons.